The van der Waals surface area contributed by atoms with Crippen molar-refractivity contribution in [2.75, 3.05) is 0 Å². The molecule has 1 unspecified atom stereocenters. The summed E-state index contributed by atoms with van der Waals surface area (Å²) in [6.45, 7) is 1.78. The zero-order valence-electron chi connectivity index (χ0n) is 7.49. The fraction of sp³-hybridized carbons (Fsp3) is 0.182. The average molecular weight is 174 g/mol. The number of pyridine rings is 1. The Bertz CT molecular complexity index is 418. The monoisotopic (exact) mass is 174 g/mol. The van der Waals surface area contributed by atoms with Crippen LogP contribution in [-0.4, -0.2) is 5.11 Å². The van der Waals surface area contributed by atoms with Crippen molar-refractivity contribution in [2.24, 2.45) is 0 Å². The summed E-state index contributed by atoms with van der Waals surface area (Å²) in [6.07, 6.45) is 3.39. The van der Waals surface area contributed by atoms with Crippen LogP contribution in [0.4, 0.5) is 0 Å². The molecule has 0 aliphatic rings. The van der Waals surface area contributed by atoms with Gasteiger partial charge in [0.1, 0.15) is 0 Å². The molecule has 2 nitrogen and oxygen atoms in total. The molecule has 0 aliphatic heterocycles. The molecule has 0 saturated heterocycles. The van der Waals surface area contributed by atoms with E-state index in [0.29, 0.717) is 0 Å². The standard InChI is InChI=1S/C11H11NO/c1-8(13)10-4-2-3-9-7-12-6-5-11(9)10/h2-8,13H,1H3/p+1. The van der Waals surface area contributed by atoms with E-state index in [-0.39, 0.29) is 0 Å². The number of aliphatic hydroxyl groups excluding tert-OH is 1. The van der Waals surface area contributed by atoms with E-state index in [2.05, 4.69) is 4.98 Å². The van der Waals surface area contributed by atoms with Gasteiger partial charge in [0, 0.05) is 11.5 Å². The van der Waals surface area contributed by atoms with Crippen LogP contribution >= 0.6 is 0 Å². The predicted molar refractivity (Wildman–Crippen MR) is 51.1 cm³/mol. The molecule has 0 spiro atoms. The molecular weight excluding hydrogens is 162 g/mol. The third-order valence-electron chi connectivity index (χ3n) is 2.21. The number of benzene rings is 1. The molecule has 13 heavy (non-hydrogen) atoms. The largest absolute Gasteiger partial charge is 0.389 e. The van der Waals surface area contributed by atoms with Crippen LogP contribution in [0.15, 0.2) is 36.7 Å². The third kappa shape index (κ3) is 1.40. The van der Waals surface area contributed by atoms with Crippen molar-refractivity contribution in [3.05, 3.63) is 42.2 Å². The first-order chi connectivity index (χ1) is 6.29. The van der Waals surface area contributed by atoms with Gasteiger partial charge in [0.05, 0.1) is 6.10 Å². The molecule has 0 radical (unpaired) electrons. The quantitative estimate of drug-likeness (QED) is 0.701. The Labute approximate surface area is 76.9 Å². The van der Waals surface area contributed by atoms with Crippen LogP contribution in [0.5, 0.6) is 0 Å². The fourth-order valence-electron chi connectivity index (χ4n) is 1.55. The van der Waals surface area contributed by atoms with Gasteiger partial charge in [-0.05, 0) is 23.9 Å². The van der Waals surface area contributed by atoms with Crippen LogP contribution in [0, 0.1) is 0 Å². The maximum absolute atomic E-state index is 9.51. The van der Waals surface area contributed by atoms with Gasteiger partial charge >= 0.3 is 0 Å². The molecule has 2 rings (SSSR count). The molecule has 2 heteroatoms. The van der Waals surface area contributed by atoms with E-state index in [4.69, 9.17) is 0 Å². The third-order valence-corrected chi connectivity index (χ3v) is 2.21. The van der Waals surface area contributed by atoms with Gasteiger partial charge in [-0.3, -0.25) is 0 Å². The lowest BCUT2D eigenvalue weighted by Crippen LogP contribution is -2.00. The van der Waals surface area contributed by atoms with Crippen LogP contribution in [0.2, 0.25) is 0 Å². The minimum atomic E-state index is -0.411. The summed E-state index contributed by atoms with van der Waals surface area (Å²) < 4.78 is 0. The van der Waals surface area contributed by atoms with E-state index in [0.717, 1.165) is 16.3 Å². The summed E-state index contributed by atoms with van der Waals surface area (Å²) >= 11 is 0. The average Bonchev–Trinajstić information content (AvgIpc) is 2.17. The second-order valence-corrected chi connectivity index (χ2v) is 3.17. The summed E-state index contributed by atoms with van der Waals surface area (Å²) in [5.74, 6) is 0. The van der Waals surface area contributed by atoms with Crippen LogP contribution in [0.3, 0.4) is 0 Å². The summed E-state index contributed by atoms with van der Waals surface area (Å²) in [5.41, 5.74) is 0.978. The first-order valence-electron chi connectivity index (χ1n) is 4.36. The summed E-state index contributed by atoms with van der Waals surface area (Å²) in [7, 11) is 0. The predicted octanol–water partition coefficient (Wildman–Crippen LogP) is 1.71. The van der Waals surface area contributed by atoms with Gasteiger partial charge in [0.25, 0.3) is 0 Å². The molecule has 0 bridgehead atoms. The maximum atomic E-state index is 9.51. The van der Waals surface area contributed by atoms with Crippen molar-refractivity contribution < 1.29 is 10.1 Å². The zero-order valence-corrected chi connectivity index (χ0v) is 7.49. The van der Waals surface area contributed by atoms with Gasteiger partial charge in [-0.15, -0.1) is 0 Å². The molecule has 1 aromatic heterocycles. The summed E-state index contributed by atoms with van der Waals surface area (Å²) in [6, 6.07) is 7.92. The molecule has 1 atom stereocenters. The van der Waals surface area contributed by atoms with Gasteiger partial charge in [-0.2, -0.15) is 0 Å². The molecular formula is C11H12NO+. The zero-order chi connectivity index (χ0) is 9.26. The minimum absolute atomic E-state index is 0.411. The van der Waals surface area contributed by atoms with Crippen molar-refractivity contribution in [1.82, 2.24) is 0 Å². The smallest absolute Gasteiger partial charge is 0.174 e. The summed E-state index contributed by atoms with van der Waals surface area (Å²) in [5, 5.41) is 11.7. The van der Waals surface area contributed by atoms with Crippen LogP contribution in [0.25, 0.3) is 10.8 Å². The lowest BCUT2D eigenvalue weighted by Gasteiger charge is -2.06. The molecule has 1 heterocycles. The van der Waals surface area contributed by atoms with Gasteiger partial charge in [0.2, 0.25) is 0 Å². The van der Waals surface area contributed by atoms with Crippen LogP contribution < -0.4 is 4.98 Å². The normalized spacial score (nSPS) is 13.1. The Morgan fingerprint density at radius 1 is 1.31 bits per heavy atom. The number of hydrogen-bond acceptors (Lipinski definition) is 1. The van der Waals surface area contributed by atoms with E-state index >= 15 is 0 Å². The highest BCUT2D eigenvalue weighted by molar-refractivity contribution is 5.84. The van der Waals surface area contributed by atoms with Crippen molar-refractivity contribution in [1.29, 1.82) is 0 Å². The van der Waals surface area contributed by atoms with Crippen molar-refractivity contribution >= 4 is 10.8 Å². The number of H-pyrrole nitrogens is 1. The van der Waals surface area contributed by atoms with Crippen molar-refractivity contribution in [2.45, 2.75) is 13.0 Å². The van der Waals surface area contributed by atoms with E-state index in [1.165, 1.54) is 0 Å². The van der Waals surface area contributed by atoms with Gasteiger partial charge in [0.15, 0.2) is 12.4 Å². The Morgan fingerprint density at radius 3 is 2.92 bits per heavy atom. The molecule has 0 amide bonds. The lowest BCUT2D eigenvalue weighted by molar-refractivity contribution is -0.375. The second-order valence-electron chi connectivity index (χ2n) is 3.17. The molecule has 2 aromatic rings. The second kappa shape index (κ2) is 3.15. The number of rotatable bonds is 1. The fourth-order valence-corrected chi connectivity index (χ4v) is 1.55. The Kier molecular flexibility index (Phi) is 1.99. The number of aliphatic hydroxyl groups is 1. The number of nitrogens with one attached hydrogen (secondary N) is 1. The number of aromatic amines is 1. The van der Waals surface area contributed by atoms with Crippen LogP contribution in [-0.2, 0) is 0 Å². The maximum Gasteiger partial charge on any atom is 0.174 e. The van der Waals surface area contributed by atoms with Crippen molar-refractivity contribution in [3.63, 3.8) is 0 Å². The van der Waals surface area contributed by atoms with Gasteiger partial charge in [-0.1, -0.05) is 12.1 Å². The van der Waals surface area contributed by atoms with E-state index in [1.54, 1.807) is 6.92 Å². The molecule has 0 fully saturated rings. The highest BCUT2D eigenvalue weighted by Gasteiger charge is 2.06. The van der Waals surface area contributed by atoms with Gasteiger partial charge in [-0.25, -0.2) is 4.98 Å². The first kappa shape index (κ1) is 8.20. The van der Waals surface area contributed by atoms with Crippen molar-refractivity contribution in [3.8, 4) is 0 Å². The number of hydrogen-bond donors (Lipinski definition) is 1. The Morgan fingerprint density at radius 2 is 2.15 bits per heavy atom. The molecule has 0 aliphatic carbocycles. The number of aromatic nitrogens is 1. The molecule has 1 aromatic carbocycles. The number of fused-ring (bicyclic) bond motifs is 1. The van der Waals surface area contributed by atoms with E-state index < -0.39 is 6.10 Å². The lowest BCUT2D eigenvalue weighted by atomic mass is 10.0. The van der Waals surface area contributed by atoms with Gasteiger partial charge < -0.3 is 5.11 Å². The van der Waals surface area contributed by atoms with E-state index in [9.17, 15) is 5.11 Å². The van der Waals surface area contributed by atoms with E-state index in [1.807, 2.05) is 36.7 Å². The summed E-state index contributed by atoms with van der Waals surface area (Å²) in [4.78, 5) is 3.02. The van der Waals surface area contributed by atoms with Crippen LogP contribution in [0.1, 0.15) is 18.6 Å². The molecule has 2 N–H and O–H groups in total. The Balaban J connectivity index is 2.76. The molecule has 66 valence electrons. The SMILES string of the molecule is CC(O)c1cccc2c[nH+]ccc12. The Hall–Kier alpha value is -1.41. The highest BCUT2D eigenvalue weighted by atomic mass is 16.3. The minimum Gasteiger partial charge on any atom is -0.389 e. The molecule has 0 saturated carbocycles. The first-order valence-corrected chi connectivity index (χ1v) is 4.36. The topological polar surface area (TPSA) is 34.4 Å². The highest BCUT2D eigenvalue weighted by Crippen LogP contribution is 2.22.